The van der Waals surface area contributed by atoms with Crippen LogP contribution in [0.5, 0.6) is 0 Å². The van der Waals surface area contributed by atoms with Crippen LogP contribution < -0.4 is 0 Å². The van der Waals surface area contributed by atoms with E-state index in [-0.39, 0.29) is 17.7 Å². The van der Waals surface area contributed by atoms with Gasteiger partial charge in [0.05, 0.1) is 0 Å². The molecule has 2 aromatic carbocycles. The third-order valence-electron chi connectivity index (χ3n) is 5.44. The molecule has 0 N–H and O–H groups in total. The zero-order chi connectivity index (χ0) is 19.5. The maximum Gasteiger partial charge on any atom is 0.226 e. The Morgan fingerprint density at radius 3 is 2.61 bits per heavy atom. The van der Waals surface area contributed by atoms with Crippen molar-refractivity contribution in [3.8, 4) is 0 Å². The summed E-state index contributed by atoms with van der Waals surface area (Å²) < 4.78 is 0. The summed E-state index contributed by atoms with van der Waals surface area (Å²) in [4.78, 5) is 19.5. The van der Waals surface area contributed by atoms with Crippen molar-refractivity contribution < 1.29 is 4.79 Å². The Bertz CT molecular complexity index is 973. The number of rotatable bonds is 6. The van der Waals surface area contributed by atoms with Crippen LogP contribution in [-0.4, -0.2) is 15.8 Å². The van der Waals surface area contributed by atoms with Gasteiger partial charge in [-0.05, 0) is 53.6 Å². The van der Waals surface area contributed by atoms with Crippen molar-refractivity contribution in [3.63, 3.8) is 0 Å². The molecule has 1 heterocycles. The molecule has 1 amide bonds. The highest BCUT2D eigenvalue weighted by atomic mass is 35.5. The largest absolute Gasteiger partial charge is 0.334 e. The number of hydrogen-bond donors (Lipinski definition) is 0. The van der Waals surface area contributed by atoms with E-state index in [2.05, 4.69) is 24.0 Å². The summed E-state index contributed by atoms with van der Waals surface area (Å²) in [5, 5.41) is 0.750. The average Bonchev–Trinajstić information content (AvgIpc) is 3.50. The minimum Gasteiger partial charge on any atom is -0.334 e. The lowest BCUT2D eigenvalue weighted by atomic mass is 10.1. The number of aryl methyl sites for hydroxylation is 1. The minimum atomic E-state index is 0.000546. The lowest BCUT2D eigenvalue weighted by Gasteiger charge is -2.24. The van der Waals surface area contributed by atoms with Gasteiger partial charge in [-0.3, -0.25) is 9.78 Å². The van der Waals surface area contributed by atoms with Gasteiger partial charge in [0.1, 0.15) is 0 Å². The van der Waals surface area contributed by atoms with Crippen molar-refractivity contribution in [2.75, 3.05) is 0 Å². The van der Waals surface area contributed by atoms with E-state index < -0.39 is 0 Å². The molecule has 2 unspecified atom stereocenters. The molecule has 3 aromatic rings. The molecule has 1 aliphatic carbocycles. The highest BCUT2D eigenvalue weighted by Gasteiger charge is 2.46. The summed E-state index contributed by atoms with van der Waals surface area (Å²) in [5.41, 5.74) is 4.50. The van der Waals surface area contributed by atoms with Crippen LogP contribution >= 0.6 is 11.6 Å². The summed E-state index contributed by atoms with van der Waals surface area (Å²) in [6.07, 6.45) is 4.45. The van der Waals surface area contributed by atoms with Gasteiger partial charge in [-0.1, -0.05) is 60.1 Å². The molecule has 0 saturated heterocycles. The number of hydrogen-bond acceptors (Lipinski definition) is 2. The van der Waals surface area contributed by atoms with Gasteiger partial charge in [-0.2, -0.15) is 0 Å². The molecular formula is C24H23ClN2O. The van der Waals surface area contributed by atoms with Crippen molar-refractivity contribution in [1.29, 1.82) is 0 Å². The van der Waals surface area contributed by atoms with E-state index in [0.29, 0.717) is 13.1 Å². The number of pyridine rings is 1. The molecule has 1 saturated carbocycles. The van der Waals surface area contributed by atoms with Crippen LogP contribution in [0.2, 0.25) is 5.02 Å². The Labute approximate surface area is 171 Å². The topological polar surface area (TPSA) is 33.2 Å². The predicted octanol–water partition coefficient (Wildman–Crippen LogP) is 5.38. The van der Waals surface area contributed by atoms with Crippen molar-refractivity contribution in [3.05, 3.63) is 100 Å². The monoisotopic (exact) mass is 390 g/mol. The third kappa shape index (κ3) is 4.10. The molecule has 1 fully saturated rings. The quantitative estimate of drug-likeness (QED) is 0.566. The van der Waals surface area contributed by atoms with E-state index in [1.807, 2.05) is 59.6 Å². The summed E-state index contributed by atoms with van der Waals surface area (Å²) >= 11 is 6.36. The van der Waals surface area contributed by atoms with Crippen molar-refractivity contribution in [2.24, 2.45) is 5.92 Å². The number of amides is 1. The summed E-state index contributed by atoms with van der Waals surface area (Å²) in [6, 6.07) is 20.0. The smallest absolute Gasteiger partial charge is 0.226 e. The van der Waals surface area contributed by atoms with Crippen LogP contribution in [0.4, 0.5) is 0 Å². The molecule has 1 aliphatic rings. The molecule has 4 heteroatoms. The maximum absolute atomic E-state index is 13.4. The van der Waals surface area contributed by atoms with Crippen LogP contribution in [0.1, 0.15) is 34.6 Å². The fraction of sp³-hybridized carbons (Fsp3) is 0.250. The molecule has 0 aliphatic heterocycles. The third-order valence-corrected chi connectivity index (χ3v) is 5.79. The minimum absolute atomic E-state index is 0.000546. The molecule has 4 rings (SSSR count). The first kappa shape index (κ1) is 18.7. The van der Waals surface area contributed by atoms with Crippen molar-refractivity contribution in [1.82, 2.24) is 9.88 Å². The standard InChI is InChI=1S/C24H23ClN2O/c1-17-7-2-3-9-19(17)16-27(15-18-8-6-12-26-14-18)24(28)22-13-21(22)20-10-4-5-11-23(20)25/h2-12,14,21-22H,13,15-16H2,1H3. The van der Waals surface area contributed by atoms with E-state index in [9.17, 15) is 4.79 Å². The molecular weight excluding hydrogens is 368 g/mol. The highest BCUT2D eigenvalue weighted by molar-refractivity contribution is 6.31. The first-order valence-electron chi connectivity index (χ1n) is 9.60. The molecule has 3 nitrogen and oxygen atoms in total. The second kappa shape index (κ2) is 8.15. The molecule has 1 aromatic heterocycles. The first-order valence-corrected chi connectivity index (χ1v) is 9.98. The first-order chi connectivity index (χ1) is 13.6. The van der Waals surface area contributed by atoms with Crippen LogP contribution in [0.15, 0.2) is 73.1 Å². The van der Waals surface area contributed by atoms with Gasteiger partial charge in [0.15, 0.2) is 0 Å². The Kier molecular flexibility index (Phi) is 5.45. The number of benzene rings is 2. The van der Waals surface area contributed by atoms with E-state index in [1.165, 1.54) is 11.1 Å². The fourth-order valence-electron chi connectivity index (χ4n) is 3.74. The van der Waals surface area contributed by atoms with Gasteiger partial charge in [-0.15, -0.1) is 0 Å². The molecule has 28 heavy (non-hydrogen) atoms. The number of nitrogens with zero attached hydrogens (tertiary/aromatic N) is 2. The van der Waals surface area contributed by atoms with Gasteiger partial charge in [0, 0.05) is 36.4 Å². The fourth-order valence-corrected chi connectivity index (χ4v) is 4.01. The molecule has 142 valence electrons. The van der Waals surface area contributed by atoms with Gasteiger partial charge in [0.2, 0.25) is 5.91 Å². The molecule has 0 bridgehead atoms. The average molecular weight is 391 g/mol. The molecule has 0 spiro atoms. The van der Waals surface area contributed by atoms with E-state index >= 15 is 0 Å². The molecule has 2 atom stereocenters. The van der Waals surface area contributed by atoms with Crippen LogP contribution in [0.3, 0.4) is 0 Å². The summed E-state index contributed by atoms with van der Waals surface area (Å²) in [5.74, 6) is 0.409. The predicted molar refractivity (Wildman–Crippen MR) is 112 cm³/mol. The second-order valence-electron chi connectivity index (χ2n) is 7.45. The Morgan fingerprint density at radius 1 is 1.07 bits per heavy atom. The van der Waals surface area contributed by atoms with Crippen LogP contribution in [0, 0.1) is 12.8 Å². The number of carbonyl (C=O) groups excluding carboxylic acids is 1. The molecule has 0 radical (unpaired) electrons. The van der Waals surface area contributed by atoms with Crippen LogP contribution in [0.25, 0.3) is 0 Å². The maximum atomic E-state index is 13.4. The highest BCUT2D eigenvalue weighted by Crippen LogP contribution is 2.50. The Balaban J connectivity index is 1.55. The number of halogens is 1. The number of carbonyl (C=O) groups is 1. The lowest BCUT2D eigenvalue weighted by molar-refractivity contribution is -0.134. The van der Waals surface area contributed by atoms with Crippen molar-refractivity contribution >= 4 is 17.5 Å². The summed E-state index contributed by atoms with van der Waals surface area (Å²) in [7, 11) is 0. The van der Waals surface area contributed by atoms with Crippen LogP contribution in [-0.2, 0) is 17.9 Å². The zero-order valence-corrected chi connectivity index (χ0v) is 16.6. The van der Waals surface area contributed by atoms with Gasteiger partial charge in [0.25, 0.3) is 0 Å². The second-order valence-corrected chi connectivity index (χ2v) is 7.86. The van der Waals surface area contributed by atoms with E-state index in [0.717, 1.165) is 22.6 Å². The van der Waals surface area contributed by atoms with Gasteiger partial charge >= 0.3 is 0 Å². The van der Waals surface area contributed by atoms with E-state index in [1.54, 1.807) is 6.20 Å². The van der Waals surface area contributed by atoms with E-state index in [4.69, 9.17) is 11.6 Å². The van der Waals surface area contributed by atoms with Gasteiger partial charge in [-0.25, -0.2) is 0 Å². The number of aromatic nitrogens is 1. The van der Waals surface area contributed by atoms with Crippen molar-refractivity contribution in [2.45, 2.75) is 32.4 Å². The Hall–Kier alpha value is -2.65. The SMILES string of the molecule is Cc1ccccc1CN(Cc1cccnc1)C(=O)C1CC1c1ccccc1Cl. The zero-order valence-electron chi connectivity index (χ0n) is 15.9. The van der Waals surface area contributed by atoms with Gasteiger partial charge < -0.3 is 4.90 Å². The normalized spacial score (nSPS) is 17.9. The lowest BCUT2D eigenvalue weighted by Crippen LogP contribution is -2.32. The Morgan fingerprint density at radius 2 is 1.86 bits per heavy atom. The summed E-state index contributed by atoms with van der Waals surface area (Å²) in [6.45, 7) is 3.25.